The largest absolute Gasteiger partial charge is 0.266 e. The molecule has 0 spiro atoms. The van der Waals surface area contributed by atoms with E-state index in [2.05, 4.69) is 97.1 Å². The average molecular weight is 374 g/mol. The second-order valence-corrected chi connectivity index (χ2v) is 8.83. The first kappa shape index (κ1) is 16.8. The van der Waals surface area contributed by atoms with Gasteiger partial charge in [-0.25, -0.2) is 5.06 Å². The molecule has 2 nitrogen and oxygen atoms in total. The predicted octanol–water partition coefficient (Wildman–Crippen LogP) is 6.28. The van der Waals surface area contributed by atoms with Crippen LogP contribution in [0.25, 0.3) is 5.57 Å². The van der Waals surface area contributed by atoms with Gasteiger partial charge in [-0.3, -0.25) is 4.84 Å². The second-order valence-electron chi connectivity index (χ2n) is 7.85. The van der Waals surface area contributed by atoms with Gasteiger partial charge in [-0.15, -0.1) is 11.3 Å². The summed E-state index contributed by atoms with van der Waals surface area (Å²) in [7, 11) is 0. The smallest absolute Gasteiger partial charge is 0.109 e. The Hall–Kier alpha value is -2.36. The molecular formula is C24H23NOS. The van der Waals surface area contributed by atoms with Crippen LogP contribution in [0.1, 0.15) is 35.9 Å². The first-order chi connectivity index (χ1) is 13.1. The summed E-state index contributed by atoms with van der Waals surface area (Å²) in [4.78, 5) is 8.05. The molecule has 1 aromatic heterocycles. The molecule has 2 aromatic carbocycles. The molecular weight excluding hydrogens is 350 g/mol. The minimum atomic E-state index is -0.299. The fraction of sp³-hybridized carbons (Fsp3) is 0.250. The van der Waals surface area contributed by atoms with Gasteiger partial charge in [0.05, 0.1) is 11.3 Å². The van der Waals surface area contributed by atoms with E-state index in [9.17, 15) is 0 Å². The maximum Gasteiger partial charge on any atom is 0.109 e. The van der Waals surface area contributed by atoms with Gasteiger partial charge in [0.1, 0.15) is 6.04 Å². The third-order valence-corrected chi connectivity index (χ3v) is 6.68. The van der Waals surface area contributed by atoms with E-state index in [4.69, 9.17) is 4.84 Å². The van der Waals surface area contributed by atoms with Crippen molar-refractivity contribution in [3.63, 3.8) is 0 Å². The summed E-state index contributed by atoms with van der Waals surface area (Å²) < 4.78 is 0. The highest BCUT2D eigenvalue weighted by molar-refractivity contribution is 7.10. The molecule has 0 saturated carbocycles. The Morgan fingerprint density at radius 2 is 1.74 bits per heavy atom. The lowest BCUT2D eigenvalue weighted by Crippen LogP contribution is -2.41. The summed E-state index contributed by atoms with van der Waals surface area (Å²) in [6.07, 6.45) is 3.47. The molecule has 0 unspecified atom stereocenters. The van der Waals surface area contributed by atoms with E-state index in [1.807, 2.05) is 0 Å². The number of anilines is 1. The summed E-state index contributed by atoms with van der Waals surface area (Å²) in [5.74, 6) is 0.353. The zero-order valence-corrected chi connectivity index (χ0v) is 16.4. The molecule has 0 saturated heterocycles. The molecule has 3 aromatic rings. The van der Waals surface area contributed by atoms with Crippen LogP contribution in [0.15, 0.2) is 78.2 Å². The molecule has 2 aliphatic rings. The van der Waals surface area contributed by atoms with Crippen LogP contribution in [-0.4, -0.2) is 5.60 Å². The van der Waals surface area contributed by atoms with E-state index >= 15 is 0 Å². The molecule has 2 heterocycles. The second kappa shape index (κ2) is 6.36. The molecule has 3 heteroatoms. The lowest BCUT2D eigenvalue weighted by molar-refractivity contribution is -0.0610. The van der Waals surface area contributed by atoms with Crippen LogP contribution in [0.4, 0.5) is 5.69 Å². The predicted molar refractivity (Wildman–Crippen MR) is 113 cm³/mol. The van der Waals surface area contributed by atoms with Gasteiger partial charge in [0.15, 0.2) is 0 Å². The van der Waals surface area contributed by atoms with Crippen LogP contribution in [0, 0.1) is 5.92 Å². The number of hydrogen-bond donors (Lipinski definition) is 0. The number of nitrogens with zero attached hydrogens (tertiary/aromatic N) is 1. The van der Waals surface area contributed by atoms with Crippen molar-refractivity contribution in [1.29, 1.82) is 0 Å². The molecule has 1 aliphatic heterocycles. The Morgan fingerprint density at radius 3 is 2.52 bits per heavy atom. The van der Waals surface area contributed by atoms with Gasteiger partial charge in [0.2, 0.25) is 0 Å². The highest BCUT2D eigenvalue weighted by Crippen LogP contribution is 2.49. The molecule has 136 valence electrons. The number of hydrogen-bond acceptors (Lipinski definition) is 3. The Kier molecular flexibility index (Phi) is 3.96. The van der Waals surface area contributed by atoms with Crippen molar-refractivity contribution >= 4 is 22.6 Å². The average Bonchev–Trinajstić information content (AvgIpc) is 3.31. The Balaban J connectivity index is 1.70. The number of fused-ring (bicyclic) bond motifs is 3. The number of hydroxylamine groups is 1. The van der Waals surface area contributed by atoms with E-state index < -0.39 is 0 Å². The number of thiophene rings is 1. The molecule has 27 heavy (non-hydrogen) atoms. The van der Waals surface area contributed by atoms with Crippen molar-refractivity contribution in [1.82, 2.24) is 0 Å². The Bertz CT molecular complexity index is 975. The van der Waals surface area contributed by atoms with Crippen molar-refractivity contribution in [3.8, 4) is 0 Å². The van der Waals surface area contributed by atoms with Crippen LogP contribution >= 0.6 is 11.3 Å². The lowest BCUT2D eigenvalue weighted by Gasteiger charge is -2.37. The fourth-order valence-corrected chi connectivity index (χ4v) is 5.16. The molecule has 5 rings (SSSR count). The highest BCUT2D eigenvalue weighted by Gasteiger charge is 2.44. The zero-order valence-electron chi connectivity index (χ0n) is 15.6. The van der Waals surface area contributed by atoms with Crippen molar-refractivity contribution in [2.75, 3.05) is 5.06 Å². The summed E-state index contributed by atoms with van der Waals surface area (Å²) >= 11 is 1.79. The molecule has 0 radical (unpaired) electrons. The molecule has 2 atom stereocenters. The molecule has 1 aliphatic carbocycles. The Labute approximate surface area is 164 Å². The normalized spacial score (nSPS) is 23.3. The number of para-hydroxylation sites is 1. The van der Waals surface area contributed by atoms with Gasteiger partial charge in [-0.05, 0) is 60.5 Å². The maximum absolute atomic E-state index is 6.75. The third kappa shape index (κ3) is 2.82. The molecule has 0 bridgehead atoms. The van der Waals surface area contributed by atoms with Crippen molar-refractivity contribution in [2.24, 2.45) is 5.92 Å². The summed E-state index contributed by atoms with van der Waals surface area (Å²) in [5.41, 5.74) is 5.04. The SMILES string of the molecule is CC1(C)ON(c2ccccc2)[C@@H](c2cccs2)C=C2c3ccccc3C[C@H]21. The number of benzene rings is 2. The van der Waals surface area contributed by atoms with E-state index in [-0.39, 0.29) is 11.6 Å². The lowest BCUT2D eigenvalue weighted by atomic mass is 9.84. The van der Waals surface area contributed by atoms with Crippen LogP contribution < -0.4 is 5.06 Å². The van der Waals surface area contributed by atoms with Gasteiger partial charge >= 0.3 is 0 Å². The monoisotopic (exact) mass is 373 g/mol. The fourth-order valence-electron chi connectivity index (χ4n) is 4.38. The Morgan fingerprint density at radius 1 is 0.963 bits per heavy atom. The minimum absolute atomic E-state index is 0.0674. The van der Waals surface area contributed by atoms with Gasteiger partial charge in [0.25, 0.3) is 0 Å². The van der Waals surface area contributed by atoms with Gasteiger partial charge < -0.3 is 0 Å². The van der Waals surface area contributed by atoms with E-state index in [0.29, 0.717) is 5.92 Å². The van der Waals surface area contributed by atoms with Crippen molar-refractivity contribution in [2.45, 2.75) is 31.9 Å². The van der Waals surface area contributed by atoms with Crippen LogP contribution in [0.2, 0.25) is 0 Å². The van der Waals surface area contributed by atoms with E-state index in [1.54, 1.807) is 11.3 Å². The molecule has 0 fully saturated rings. The van der Waals surface area contributed by atoms with Crippen LogP contribution in [-0.2, 0) is 11.3 Å². The summed E-state index contributed by atoms with van der Waals surface area (Å²) in [6, 6.07) is 23.7. The van der Waals surface area contributed by atoms with Gasteiger partial charge in [-0.2, -0.15) is 0 Å². The van der Waals surface area contributed by atoms with Gasteiger partial charge in [-0.1, -0.05) is 54.6 Å². The standard InChI is InChI=1S/C24H23NOS/c1-24(2)21-15-17-9-6-7-12-19(17)20(21)16-22(23-13-8-14-27-23)25(26-24)18-10-4-3-5-11-18/h3-14,16,21-22H,15H2,1-2H3/t21-,22-/m1/s1. The van der Waals surface area contributed by atoms with E-state index in [1.165, 1.54) is 21.6 Å². The first-order valence-corrected chi connectivity index (χ1v) is 10.4. The third-order valence-electron chi connectivity index (χ3n) is 5.74. The maximum atomic E-state index is 6.75. The van der Waals surface area contributed by atoms with Crippen LogP contribution in [0.3, 0.4) is 0 Å². The number of rotatable bonds is 2. The molecule has 0 N–H and O–H groups in total. The quantitative estimate of drug-likeness (QED) is 0.524. The van der Waals surface area contributed by atoms with Crippen molar-refractivity contribution < 1.29 is 4.84 Å². The van der Waals surface area contributed by atoms with Crippen molar-refractivity contribution in [3.05, 3.63) is 94.2 Å². The zero-order chi connectivity index (χ0) is 18.4. The first-order valence-electron chi connectivity index (χ1n) is 9.50. The highest BCUT2D eigenvalue weighted by atomic mass is 32.1. The minimum Gasteiger partial charge on any atom is -0.266 e. The topological polar surface area (TPSA) is 12.5 Å². The summed E-state index contributed by atoms with van der Waals surface area (Å²) in [6.45, 7) is 4.45. The van der Waals surface area contributed by atoms with Crippen LogP contribution in [0.5, 0.6) is 0 Å². The molecule has 0 amide bonds. The van der Waals surface area contributed by atoms with Gasteiger partial charge in [0, 0.05) is 10.8 Å². The summed E-state index contributed by atoms with van der Waals surface area (Å²) in [5, 5.41) is 4.26. The van der Waals surface area contributed by atoms with E-state index in [0.717, 1.165) is 12.1 Å².